The maximum Gasteiger partial charge on any atom is 0.240 e. The van der Waals surface area contributed by atoms with Crippen LogP contribution in [0.3, 0.4) is 0 Å². The summed E-state index contributed by atoms with van der Waals surface area (Å²) in [6.45, 7) is 5.15. The molecule has 19 heavy (non-hydrogen) atoms. The van der Waals surface area contributed by atoms with Crippen molar-refractivity contribution in [3.8, 4) is 17.1 Å². The van der Waals surface area contributed by atoms with Crippen LogP contribution in [0.25, 0.3) is 11.3 Å². The normalized spacial score (nSPS) is 10.7. The molecular weight excluding hydrogens is 238 g/mol. The van der Waals surface area contributed by atoms with E-state index in [2.05, 4.69) is 41.3 Å². The van der Waals surface area contributed by atoms with Gasteiger partial charge in [0.25, 0.3) is 0 Å². The van der Waals surface area contributed by atoms with Gasteiger partial charge < -0.3 is 10.1 Å². The zero-order chi connectivity index (χ0) is 13.7. The van der Waals surface area contributed by atoms with Crippen molar-refractivity contribution in [2.75, 3.05) is 7.11 Å². The van der Waals surface area contributed by atoms with Crippen molar-refractivity contribution in [3.05, 3.63) is 42.2 Å². The van der Waals surface area contributed by atoms with Gasteiger partial charge in [0.15, 0.2) is 0 Å². The third-order valence-corrected chi connectivity index (χ3v) is 2.80. The Morgan fingerprint density at radius 1 is 1.11 bits per heavy atom. The Morgan fingerprint density at radius 2 is 1.79 bits per heavy atom. The van der Waals surface area contributed by atoms with E-state index >= 15 is 0 Å². The van der Waals surface area contributed by atoms with Gasteiger partial charge in [-0.3, -0.25) is 0 Å². The Kier molecular flexibility index (Phi) is 4.47. The lowest BCUT2D eigenvalue weighted by Gasteiger charge is -2.09. The molecule has 0 amide bonds. The number of hydrogen-bond acceptors (Lipinski definition) is 4. The molecule has 0 radical (unpaired) electrons. The van der Waals surface area contributed by atoms with Gasteiger partial charge in [0.05, 0.1) is 7.11 Å². The van der Waals surface area contributed by atoms with Crippen LogP contribution < -0.4 is 10.1 Å². The van der Waals surface area contributed by atoms with Gasteiger partial charge in [-0.1, -0.05) is 38.1 Å². The summed E-state index contributed by atoms with van der Waals surface area (Å²) in [5.74, 6) is 0.551. The van der Waals surface area contributed by atoms with E-state index in [4.69, 9.17) is 4.74 Å². The number of aromatic nitrogens is 2. The number of rotatable bonds is 5. The van der Waals surface area contributed by atoms with E-state index in [0.29, 0.717) is 11.9 Å². The molecule has 0 unspecified atom stereocenters. The molecule has 2 aromatic rings. The van der Waals surface area contributed by atoms with Crippen molar-refractivity contribution in [1.29, 1.82) is 0 Å². The molecule has 0 bridgehead atoms. The molecule has 1 N–H and O–H groups in total. The van der Waals surface area contributed by atoms with Crippen molar-refractivity contribution >= 4 is 0 Å². The Balaban J connectivity index is 2.18. The minimum absolute atomic E-state index is 0.486. The summed E-state index contributed by atoms with van der Waals surface area (Å²) in [7, 11) is 1.61. The number of nitrogens with zero attached hydrogens (tertiary/aromatic N) is 2. The zero-order valence-electron chi connectivity index (χ0n) is 11.6. The highest BCUT2D eigenvalue weighted by Gasteiger charge is 2.07. The van der Waals surface area contributed by atoms with E-state index in [1.54, 1.807) is 19.5 Å². The van der Waals surface area contributed by atoms with Gasteiger partial charge in [-0.05, 0) is 5.56 Å². The highest BCUT2D eigenvalue weighted by molar-refractivity contribution is 5.64. The molecular formula is C15H19N3O. The number of methoxy groups -OCH3 is 1. The molecule has 4 heteroatoms. The van der Waals surface area contributed by atoms with Crippen LogP contribution in [-0.4, -0.2) is 23.1 Å². The van der Waals surface area contributed by atoms with E-state index in [-0.39, 0.29) is 0 Å². The standard InChI is InChI=1S/C15H19N3O/c1-11(2)18-10-12-4-6-13(7-5-12)14-15(19-3)17-9-8-16-14/h4-9,11,18H,10H2,1-3H3. The van der Waals surface area contributed by atoms with Crippen molar-refractivity contribution in [3.63, 3.8) is 0 Å². The lowest BCUT2D eigenvalue weighted by molar-refractivity contribution is 0.398. The quantitative estimate of drug-likeness (QED) is 0.894. The van der Waals surface area contributed by atoms with Crippen molar-refractivity contribution in [2.24, 2.45) is 0 Å². The monoisotopic (exact) mass is 257 g/mol. The third-order valence-electron chi connectivity index (χ3n) is 2.80. The minimum atomic E-state index is 0.486. The first kappa shape index (κ1) is 13.5. The molecule has 1 aromatic heterocycles. The van der Waals surface area contributed by atoms with Gasteiger partial charge in [0.2, 0.25) is 5.88 Å². The fourth-order valence-electron chi connectivity index (χ4n) is 1.78. The second kappa shape index (κ2) is 6.29. The molecule has 0 spiro atoms. The number of hydrogen-bond donors (Lipinski definition) is 1. The topological polar surface area (TPSA) is 47.0 Å². The number of benzene rings is 1. The maximum atomic E-state index is 5.22. The van der Waals surface area contributed by atoms with Gasteiger partial charge in [-0.15, -0.1) is 0 Å². The summed E-state index contributed by atoms with van der Waals surface area (Å²) in [5.41, 5.74) is 3.03. The SMILES string of the molecule is COc1nccnc1-c1ccc(CNC(C)C)cc1. The molecule has 0 saturated carbocycles. The maximum absolute atomic E-state index is 5.22. The molecule has 4 nitrogen and oxygen atoms in total. The molecule has 0 aliphatic heterocycles. The minimum Gasteiger partial charge on any atom is -0.479 e. The molecule has 1 heterocycles. The van der Waals surface area contributed by atoms with Gasteiger partial charge in [0, 0.05) is 30.5 Å². The van der Waals surface area contributed by atoms with Crippen molar-refractivity contribution in [1.82, 2.24) is 15.3 Å². The van der Waals surface area contributed by atoms with Crippen LogP contribution in [0.4, 0.5) is 0 Å². The van der Waals surface area contributed by atoms with Gasteiger partial charge in [-0.2, -0.15) is 0 Å². The van der Waals surface area contributed by atoms with Crippen molar-refractivity contribution in [2.45, 2.75) is 26.4 Å². The smallest absolute Gasteiger partial charge is 0.240 e. The van der Waals surface area contributed by atoms with Crippen LogP contribution in [0.15, 0.2) is 36.7 Å². The van der Waals surface area contributed by atoms with Crippen LogP contribution in [0, 0.1) is 0 Å². The summed E-state index contributed by atoms with van der Waals surface area (Å²) in [6.07, 6.45) is 3.30. The fraction of sp³-hybridized carbons (Fsp3) is 0.333. The second-order valence-electron chi connectivity index (χ2n) is 4.65. The molecule has 100 valence electrons. The zero-order valence-corrected chi connectivity index (χ0v) is 11.6. The summed E-state index contributed by atoms with van der Waals surface area (Å²) >= 11 is 0. The van der Waals surface area contributed by atoms with Crippen LogP contribution in [0.2, 0.25) is 0 Å². The first-order valence-corrected chi connectivity index (χ1v) is 6.38. The van der Waals surface area contributed by atoms with Gasteiger partial charge in [-0.25, -0.2) is 9.97 Å². The van der Waals surface area contributed by atoms with E-state index in [1.165, 1.54) is 5.56 Å². The van der Waals surface area contributed by atoms with Crippen LogP contribution in [-0.2, 0) is 6.54 Å². The lowest BCUT2D eigenvalue weighted by Crippen LogP contribution is -2.21. The van der Waals surface area contributed by atoms with Crippen molar-refractivity contribution < 1.29 is 4.74 Å². The fourth-order valence-corrected chi connectivity index (χ4v) is 1.78. The van der Waals surface area contributed by atoms with E-state index in [9.17, 15) is 0 Å². The summed E-state index contributed by atoms with van der Waals surface area (Å²) in [5, 5.41) is 3.39. The van der Waals surface area contributed by atoms with Crippen LogP contribution in [0.1, 0.15) is 19.4 Å². The Bertz CT molecular complexity index is 523. The van der Waals surface area contributed by atoms with Gasteiger partial charge in [0.1, 0.15) is 5.69 Å². The van der Waals surface area contributed by atoms with E-state index in [0.717, 1.165) is 17.8 Å². The molecule has 2 rings (SSSR count). The lowest BCUT2D eigenvalue weighted by atomic mass is 10.1. The predicted octanol–water partition coefficient (Wildman–Crippen LogP) is 2.65. The highest BCUT2D eigenvalue weighted by atomic mass is 16.5. The molecule has 1 aromatic carbocycles. The molecule has 0 atom stereocenters. The number of ether oxygens (including phenoxy) is 1. The molecule has 0 aliphatic carbocycles. The average molecular weight is 257 g/mol. The first-order chi connectivity index (χ1) is 9.20. The second-order valence-corrected chi connectivity index (χ2v) is 4.65. The van der Waals surface area contributed by atoms with E-state index < -0.39 is 0 Å². The highest BCUT2D eigenvalue weighted by Crippen LogP contribution is 2.25. The molecule has 0 fully saturated rings. The third kappa shape index (κ3) is 3.51. The number of nitrogens with one attached hydrogen (secondary N) is 1. The Labute approximate surface area is 113 Å². The predicted molar refractivity (Wildman–Crippen MR) is 76.0 cm³/mol. The Morgan fingerprint density at radius 3 is 2.42 bits per heavy atom. The summed E-state index contributed by atoms with van der Waals surface area (Å²) in [4.78, 5) is 8.48. The van der Waals surface area contributed by atoms with Gasteiger partial charge >= 0.3 is 0 Å². The van der Waals surface area contributed by atoms with Crippen LogP contribution in [0.5, 0.6) is 5.88 Å². The van der Waals surface area contributed by atoms with Crippen LogP contribution >= 0.6 is 0 Å². The largest absolute Gasteiger partial charge is 0.479 e. The molecule has 0 aliphatic rings. The Hall–Kier alpha value is -1.94. The molecule has 0 saturated heterocycles. The summed E-state index contributed by atoms with van der Waals surface area (Å²) < 4.78 is 5.22. The summed E-state index contributed by atoms with van der Waals surface area (Å²) in [6, 6.07) is 8.77. The van der Waals surface area contributed by atoms with E-state index in [1.807, 2.05) is 12.1 Å². The first-order valence-electron chi connectivity index (χ1n) is 6.38. The average Bonchev–Trinajstić information content (AvgIpc) is 2.45.